The summed E-state index contributed by atoms with van der Waals surface area (Å²) in [4.78, 5) is 43.0. The number of carbonyl (C=O) groups is 3. The number of carbonyl (C=O) groups excluding carboxylic acids is 3. The summed E-state index contributed by atoms with van der Waals surface area (Å²) < 4.78 is 6.25. The number of Topliss-reactive ketones (excluding diaryl/α,β-unsaturated/α-hetero) is 1. The first-order valence-electron chi connectivity index (χ1n) is 9.10. The maximum absolute atomic E-state index is 13.2. The van der Waals surface area contributed by atoms with Gasteiger partial charge in [-0.25, -0.2) is 0 Å². The number of rotatable bonds is 5. The van der Waals surface area contributed by atoms with Gasteiger partial charge in [0.05, 0.1) is 6.61 Å². The number of amidine groups is 1. The Kier molecular flexibility index (Phi) is 5.41. The Morgan fingerprint density at radius 3 is 2.55 bits per heavy atom. The van der Waals surface area contributed by atoms with E-state index in [2.05, 4.69) is 10.3 Å². The predicted molar refractivity (Wildman–Crippen MR) is 104 cm³/mol. The highest BCUT2D eigenvalue weighted by Gasteiger charge is 2.60. The number of benzene rings is 1. The van der Waals surface area contributed by atoms with Crippen LogP contribution in [0.3, 0.4) is 0 Å². The van der Waals surface area contributed by atoms with Gasteiger partial charge in [0.15, 0.2) is 6.54 Å². The number of urea groups is 1. The van der Waals surface area contributed by atoms with E-state index in [4.69, 9.17) is 21.7 Å². The Balaban J connectivity index is 1.71. The minimum absolute atomic E-state index is 0.242. The van der Waals surface area contributed by atoms with Crippen LogP contribution in [0.4, 0.5) is 4.79 Å². The van der Waals surface area contributed by atoms with E-state index < -0.39 is 61.4 Å². The average Bonchev–Trinajstić information content (AvgIpc) is 3.16. The number of amides is 3. The molecule has 3 amide bonds. The van der Waals surface area contributed by atoms with Crippen LogP contribution in [0, 0.1) is 5.41 Å². The van der Waals surface area contributed by atoms with Crippen molar-refractivity contribution in [2.45, 2.75) is 24.5 Å². The van der Waals surface area contributed by atoms with Gasteiger partial charge in [-0.2, -0.15) is 14.4 Å². The van der Waals surface area contributed by atoms with Crippen molar-refractivity contribution in [2.24, 2.45) is 4.99 Å². The van der Waals surface area contributed by atoms with E-state index in [1.165, 1.54) is 24.3 Å². The maximum Gasteiger partial charge on any atom is 0.503 e. The molecule has 3 aliphatic heterocycles. The molecule has 0 saturated carbocycles. The van der Waals surface area contributed by atoms with E-state index >= 15 is 0 Å². The molecule has 0 radical (unpaired) electrons. The first-order chi connectivity index (χ1) is 14.7. The largest absolute Gasteiger partial charge is 0.503 e. The Hall–Kier alpha value is -3.03. The number of aliphatic hydroxyl groups is 3. The number of nitrogens with zero attached hydrogens (tertiary/aromatic N) is 3. The standard InChI is InChI=1S/C18H16ClN5O7/c19-8-3-1-7(2-4-8)9(26)5-23-11-14(21-17(20)22-15(11)29)24(18(23)30)16-13(28)12(27)10(6-25)31-16/h1-4,10,12-13,16,25,27-28H,5-6H2,(H-,20,22,29)/p+1/t10-,12-,13-,16-/m1/s1. The number of fused-ring (bicyclic) bond motifs is 1. The van der Waals surface area contributed by atoms with Crippen molar-refractivity contribution in [3.8, 4) is 0 Å². The highest BCUT2D eigenvalue weighted by Crippen LogP contribution is 2.28. The van der Waals surface area contributed by atoms with E-state index in [-0.39, 0.29) is 17.1 Å². The summed E-state index contributed by atoms with van der Waals surface area (Å²) in [6.45, 7) is -1.17. The van der Waals surface area contributed by atoms with Crippen LogP contribution in [0.25, 0.3) is 0 Å². The van der Waals surface area contributed by atoms with Crippen LogP contribution in [0.2, 0.25) is 5.02 Å². The monoisotopic (exact) mass is 450 g/mol. The lowest BCUT2D eigenvalue weighted by atomic mass is 10.1. The number of ether oxygens (including phenoxy) is 1. The van der Waals surface area contributed by atoms with Crippen molar-refractivity contribution in [1.82, 2.24) is 10.2 Å². The summed E-state index contributed by atoms with van der Waals surface area (Å²) in [5.74, 6) is -2.22. The summed E-state index contributed by atoms with van der Waals surface area (Å²) in [5, 5.41) is 39.9. The molecule has 3 aliphatic rings. The van der Waals surface area contributed by atoms with Crippen molar-refractivity contribution in [3.63, 3.8) is 0 Å². The number of aliphatic imine (C=N–C) groups is 1. The van der Waals surface area contributed by atoms with Crippen LogP contribution in [0.15, 0.2) is 29.3 Å². The molecule has 1 saturated heterocycles. The molecule has 1 aromatic rings. The van der Waals surface area contributed by atoms with Gasteiger partial charge in [-0.15, -0.1) is 4.90 Å². The quantitative estimate of drug-likeness (QED) is 0.262. The molecule has 3 heterocycles. The molecule has 5 N–H and O–H groups in total. The molecule has 13 heteroatoms. The number of ketones is 1. The third kappa shape index (κ3) is 3.54. The summed E-state index contributed by atoms with van der Waals surface area (Å²) in [7, 11) is 0. The van der Waals surface area contributed by atoms with Crippen LogP contribution in [0.1, 0.15) is 10.4 Å². The molecule has 0 unspecified atom stereocenters. The fraction of sp³-hybridized carbons (Fsp3) is 0.333. The number of guanidine groups is 1. The van der Waals surface area contributed by atoms with Crippen LogP contribution in [0.5, 0.6) is 0 Å². The van der Waals surface area contributed by atoms with Crippen LogP contribution in [-0.4, -0.2) is 97.7 Å². The molecule has 0 bridgehead atoms. The molecule has 0 aromatic heterocycles. The van der Waals surface area contributed by atoms with Gasteiger partial charge in [0.25, 0.3) is 11.5 Å². The molecule has 4 atom stereocenters. The summed E-state index contributed by atoms with van der Waals surface area (Å²) in [5.41, 5.74) is -0.0623. The second-order valence-electron chi connectivity index (χ2n) is 6.98. The first kappa shape index (κ1) is 21.2. The molecule has 162 valence electrons. The van der Waals surface area contributed by atoms with Crippen LogP contribution < -0.4 is 5.32 Å². The number of halogens is 1. The summed E-state index contributed by atoms with van der Waals surface area (Å²) in [6, 6.07) is 5.01. The first-order valence-corrected chi connectivity index (χ1v) is 9.48. The van der Waals surface area contributed by atoms with Gasteiger partial charge in [-0.05, 0) is 24.3 Å². The molecule has 1 aromatic carbocycles. The zero-order valence-corrected chi connectivity index (χ0v) is 16.5. The fourth-order valence-corrected chi connectivity index (χ4v) is 3.65. The third-order valence-corrected chi connectivity index (χ3v) is 5.30. The second kappa shape index (κ2) is 7.90. The Bertz CT molecular complexity index is 1050. The maximum atomic E-state index is 13.2. The van der Waals surface area contributed by atoms with Crippen LogP contribution >= 0.6 is 11.6 Å². The minimum atomic E-state index is -1.63. The lowest BCUT2D eigenvalue weighted by Gasteiger charge is -2.20. The molecular formula is C18H17ClN5O7+. The Labute approximate surface area is 179 Å². The predicted octanol–water partition coefficient (Wildman–Crippen LogP) is -1.69. The molecule has 0 spiro atoms. The van der Waals surface area contributed by atoms with Crippen molar-refractivity contribution >= 4 is 46.8 Å². The molecular weight excluding hydrogens is 434 g/mol. The van der Waals surface area contributed by atoms with E-state index in [1.807, 2.05) is 0 Å². The second-order valence-corrected chi connectivity index (χ2v) is 7.42. The van der Waals surface area contributed by atoms with E-state index in [0.29, 0.717) is 5.02 Å². The Morgan fingerprint density at radius 2 is 1.94 bits per heavy atom. The minimum Gasteiger partial charge on any atom is -0.394 e. The normalized spacial score (nSPS) is 28.1. The smallest absolute Gasteiger partial charge is 0.394 e. The molecule has 0 aliphatic carbocycles. The zero-order valence-electron chi connectivity index (χ0n) is 15.7. The van der Waals surface area contributed by atoms with Crippen molar-refractivity contribution in [3.05, 3.63) is 34.9 Å². The number of aliphatic hydroxyl groups excluding tert-OH is 3. The third-order valence-electron chi connectivity index (χ3n) is 5.05. The van der Waals surface area contributed by atoms with Gasteiger partial charge in [0.1, 0.15) is 18.3 Å². The van der Waals surface area contributed by atoms with Gasteiger partial charge in [0, 0.05) is 10.6 Å². The highest BCUT2D eigenvalue weighted by molar-refractivity contribution is 6.70. The van der Waals surface area contributed by atoms with Gasteiger partial charge in [-0.3, -0.25) is 20.3 Å². The van der Waals surface area contributed by atoms with E-state index in [9.17, 15) is 29.7 Å². The van der Waals surface area contributed by atoms with Crippen LogP contribution in [-0.2, 0) is 9.53 Å². The summed E-state index contributed by atoms with van der Waals surface area (Å²) >= 11 is 5.82. The topological polar surface area (TPSA) is 176 Å². The number of hydrogen-bond acceptors (Lipinski definition) is 8. The molecule has 4 rings (SSSR count). The lowest BCUT2D eigenvalue weighted by molar-refractivity contribution is -0.414. The van der Waals surface area contributed by atoms with Crippen molar-refractivity contribution in [1.29, 1.82) is 5.41 Å². The summed E-state index contributed by atoms with van der Waals surface area (Å²) in [6.07, 6.45) is -5.81. The zero-order chi connectivity index (χ0) is 22.4. The van der Waals surface area contributed by atoms with Gasteiger partial charge in [-0.1, -0.05) is 11.6 Å². The highest BCUT2D eigenvalue weighted by atomic mass is 35.5. The molecule has 1 fully saturated rings. The van der Waals surface area contributed by atoms with Gasteiger partial charge >= 0.3 is 11.9 Å². The van der Waals surface area contributed by atoms with E-state index in [1.54, 1.807) is 0 Å². The van der Waals surface area contributed by atoms with Gasteiger partial charge < -0.3 is 20.1 Å². The van der Waals surface area contributed by atoms with Crippen molar-refractivity contribution < 1.29 is 39.0 Å². The SMILES string of the molecule is N=C1N=C2C(=[N+](CC(=O)c3ccc(Cl)cc3)C(=O)N2[C@@H]2O[C@H](CO)[C@@H](O)[C@H]2O)C(=O)N1. The number of hydrogen-bond donors (Lipinski definition) is 5. The lowest BCUT2D eigenvalue weighted by Crippen LogP contribution is -2.53. The van der Waals surface area contributed by atoms with Crippen molar-refractivity contribution in [2.75, 3.05) is 13.2 Å². The van der Waals surface area contributed by atoms with E-state index in [0.717, 1.165) is 9.48 Å². The van der Waals surface area contributed by atoms with Gasteiger partial charge in [0.2, 0.25) is 18.0 Å². The molecule has 12 nitrogen and oxygen atoms in total. The average molecular weight is 451 g/mol. The number of nitrogens with one attached hydrogen (secondary N) is 2. The Morgan fingerprint density at radius 1 is 1.26 bits per heavy atom. The fourth-order valence-electron chi connectivity index (χ4n) is 3.52. The molecule has 31 heavy (non-hydrogen) atoms.